The van der Waals surface area contributed by atoms with Gasteiger partial charge in [0.15, 0.2) is 0 Å². The van der Waals surface area contributed by atoms with E-state index in [9.17, 15) is 0 Å². The maximum atomic E-state index is 4.52. The van der Waals surface area contributed by atoms with Crippen molar-refractivity contribution in [3.63, 3.8) is 0 Å². The Labute approximate surface area is 120 Å². The predicted molar refractivity (Wildman–Crippen MR) is 88.0 cm³/mol. The minimum Gasteiger partial charge on any atom is -0.376 e. The first kappa shape index (κ1) is 14.0. The molecule has 1 aromatic carbocycles. The lowest BCUT2D eigenvalue weighted by Gasteiger charge is -2.18. The second-order valence-corrected chi connectivity index (χ2v) is 4.82. The summed E-state index contributed by atoms with van der Waals surface area (Å²) in [6.07, 6.45) is 3.61. The van der Waals surface area contributed by atoms with Gasteiger partial charge in [0.05, 0.1) is 17.1 Å². The highest BCUT2D eigenvalue weighted by Gasteiger charge is 2.14. The van der Waals surface area contributed by atoms with Gasteiger partial charge in [0.25, 0.3) is 0 Å². The number of pyridine rings is 1. The van der Waals surface area contributed by atoms with Gasteiger partial charge in [0.2, 0.25) is 0 Å². The van der Waals surface area contributed by atoms with E-state index < -0.39 is 0 Å². The minimum atomic E-state index is 0.835. The normalized spacial score (nSPS) is 10.2. The lowest BCUT2D eigenvalue weighted by molar-refractivity contribution is 1.11. The quantitative estimate of drug-likeness (QED) is 0.779. The van der Waals surface area contributed by atoms with Crippen LogP contribution in [-0.2, 0) is 0 Å². The van der Waals surface area contributed by atoms with Crippen LogP contribution in [0.4, 0.5) is 11.4 Å². The maximum Gasteiger partial charge on any atom is 0.0956 e. The molecule has 2 aromatic rings. The molecule has 102 valence electrons. The van der Waals surface area contributed by atoms with Crippen molar-refractivity contribution >= 4 is 24.2 Å². The van der Waals surface area contributed by atoms with Crippen LogP contribution in [0.2, 0.25) is 0 Å². The van der Waals surface area contributed by atoms with Gasteiger partial charge in [-0.2, -0.15) is 0 Å². The molecule has 0 radical (unpaired) electrons. The number of aliphatic imine (C=N–C) groups is 1. The van der Waals surface area contributed by atoms with Gasteiger partial charge < -0.3 is 4.90 Å². The summed E-state index contributed by atoms with van der Waals surface area (Å²) in [7, 11) is 4.01. The molecule has 0 aliphatic heterocycles. The number of hydrogen-bond donors (Lipinski definition) is 0. The van der Waals surface area contributed by atoms with Gasteiger partial charge in [-0.3, -0.25) is 9.98 Å². The third-order valence-corrected chi connectivity index (χ3v) is 3.32. The van der Waals surface area contributed by atoms with Crippen molar-refractivity contribution in [3.05, 3.63) is 48.2 Å². The second kappa shape index (κ2) is 5.70. The lowest BCUT2D eigenvalue weighted by atomic mass is 9.98. The fourth-order valence-electron chi connectivity index (χ4n) is 2.29. The molecule has 1 heterocycles. The molecule has 0 saturated heterocycles. The molecule has 2 rings (SSSR count). The Bertz CT molecular complexity index is 657. The van der Waals surface area contributed by atoms with Gasteiger partial charge in [0, 0.05) is 31.4 Å². The van der Waals surface area contributed by atoms with E-state index in [1.165, 1.54) is 0 Å². The standard InChI is InChI=1S/C17H19N3/c1-6-13-12(2)9-10-14(16(13)18-3)17-15(20(4)5)8-7-11-19-17/h6-11H,1,3H2,2,4-5H3. The van der Waals surface area contributed by atoms with Crippen LogP contribution in [0.5, 0.6) is 0 Å². The Morgan fingerprint density at radius 1 is 1.25 bits per heavy atom. The van der Waals surface area contributed by atoms with Crippen LogP contribution in [0, 0.1) is 6.92 Å². The molecule has 0 amide bonds. The van der Waals surface area contributed by atoms with E-state index in [1.54, 1.807) is 6.20 Å². The number of benzene rings is 1. The Hall–Kier alpha value is -2.42. The molecule has 20 heavy (non-hydrogen) atoms. The first-order valence-electron chi connectivity index (χ1n) is 6.45. The van der Waals surface area contributed by atoms with Crippen molar-refractivity contribution in [2.24, 2.45) is 4.99 Å². The van der Waals surface area contributed by atoms with Crippen LogP contribution in [-0.4, -0.2) is 25.8 Å². The van der Waals surface area contributed by atoms with Crippen LogP contribution in [0.25, 0.3) is 17.3 Å². The van der Waals surface area contributed by atoms with Crippen LogP contribution >= 0.6 is 0 Å². The zero-order valence-corrected chi connectivity index (χ0v) is 12.2. The Kier molecular flexibility index (Phi) is 3.99. The van der Waals surface area contributed by atoms with Crippen LogP contribution < -0.4 is 4.90 Å². The van der Waals surface area contributed by atoms with E-state index >= 15 is 0 Å². The summed E-state index contributed by atoms with van der Waals surface area (Å²) in [6, 6.07) is 8.09. The summed E-state index contributed by atoms with van der Waals surface area (Å²) in [5, 5.41) is 0. The van der Waals surface area contributed by atoms with E-state index in [-0.39, 0.29) is 0 Å². The van der Waals surface area contributed by atoms with Crippen molar-refractivity contribution in [1.82, 2.24) is 4.98 Å². The van der Waals surface area contributed by atoms with Crippen molar-refractivity contribution < 1.29 is 0 Å². The van der Waals surface area contributed by atoms with Gasteiger partial charge >= 0.3 is 0 Å². The highest BCUT2D eigenvalue weighted by molar-refractivity contribution is 5.88. The average molecular weight is 265 g/mol. The molecule has 0 atom stereocenters. The molecule has 0 unspecified atom stereocenters. The minimum absolute atomic E-state index is 0.835. The monoisotopic (exact) mass is 265 g/mol. The topological polar surface area (TPSA) is 28.5 Å². The number of anilines is 1. The molecule has 0 N–H and O–H groups in total. The number of aromatic nitrogens is 1. The summed E-state index contributed by atoms with van der Waals surface area (Å²) in [5.74, 6) is 0. The highest BCUT2D eigenvalue weighted by atomic mass is 15.1. The Morgan fingerprint density at radius 3 is 2.60 bits per heavy atom. The largest absolute Gasteiger partial charge is 0.376 e. The van der Waals surface area contributed by atoms with E-state index in [4.69, 9.17) is 0 Å². The first-order chi connectivity index (χ1) is 9.60. The molecule has 3 heteroatoms. The number of hydrogen-bond acceptors (Lipinski definition) is 3. The first-order valence-corrected chi connectivity index (χ1v) is 6.45. The lowest BCUT2D eigenvalue weighted by Crippen LogP contribution is -2.10. The van der Waals surface area contributed by atoms with E-state index in [2.05, 4.69) is 29.3 Å². The van der Waals surface area contributed by atoms with Gasteiger partial charge in [-0.1, -0.05) is 24.8 Å². The van der Waals surface area contributed by atoms with Crippen molar-refractivity contribution in [1.29, 1.82) is 0 Å². The van der Waals surface area contributed by atoms with Crippen molar-refractivity contribution in [2.45, 2.75) is 6.92 Å². The Morgan fingerprint density at radius 2 is 2.00 bits per heavy atom. The average Bonchev–Trinajstić information content (AvgIpc) is 2.46. The van der Waals surface area contributed by atoms with E-state index in [0.29, 0.717) is 0 Å². The summed E-state index contributed by atoms with van der Waals surface area (Å²) >= 11 is 0. The van der Waals surface area contributed by atoms with Crippen LogP contribution in [0.15, 0.2) is 42.0 Å². The molecule has 0 saturated carbocycles. The van der Waals surface area contributed by atoms with Crippen molar-refractivity contribution in [2.75, 3.05) is 19.0 Å². The summed E-state index contributed by atoms with van der Waals surface area (Å²) < 4.78 is 0. The number of aryl methyl sites for hydroxylation is 1. The van der Waals surface area contributed by atoms with Gasteiger partial charge in [0.1, 0.15) is 0 Å². The van der Waals surface area contributed by atoms with E-state index in [0.717, 1.165) is 33.8 Å². The fraction of sp³-hybridized carbons (Fsp3) is 0.176. The molecule has 1 aromatic heterocycles. The smallest absolute Gasteiger partial charge is 0.0956 e. The molecule has 0 aliphatic carbocycles. The third-order valence-electron chi connectivity index (χ3n) is 3.32. The maximum absolute atomic E-state index is 4.52. The van der Waals surface area contributed by atoms with Crippen LogP contribution in [0.1, 0.15) is 11.1 Å². The molecule has 3 nitrogen and oxygen atoms in total. The zero-order valence-electron chi connectivity index (χ0n) is 12.2. The van der Waals surface area contributed by atoms with Gasteiger partial charge in [-0.05, 0) is 31.3 Å². The third kappa shape index (κ3) is 2.35. The summed E-state index contributed by atoms with van der Waals surface area (Å²) in [4.78, 5) is 10.8. The highest BCUT2D eigenvalue weighted by Crippen LogP contribution is 2.38. The molecule has 0 spiro atoms. The number of rotatable bonds is 4. The second-order valence-electron chi connectivity index (χ2n) is 4.82. The van der Waals surface area contributed by atoms with Gasteiger partial charge in [-0.15, -0.1) is 0 Å². The molecule has 0 aliphatic rings. The molecule has 0 bridgehead atoms. The summed E-state index contributed by atoms with van der Waals surface area (Å²) in [6.45, 7) is 9.62. The van der Waals surface area contributed by atoms with Crippen LogP contribution in [0.3, 0.4) is 0 Å². The van der Waals surface area contributed by atoms with E-state index in [1.807, 2.05) is 50.2 Å². The van der Waals surface area contributed by atoms with Gasteiger partial charge in [-0.25, -0.2) is 0 Å². The Balaban J connectivity index is 2.77. The molecule has 0 fully saturated rings. The number of nitrogens with zero attached hydrogens (tertiary/aromatic N) is 3. The predicted octanol–water partition coefficient (Wildman–Crippen LogP) is 4.10. The zero-order chi connectivity index (χ0) is 14.7. The van der Waals surface area contributed by atoms with Crippen molar-refractivity contribution in [3.8, 4) is 11.3 Å². The SMILES string of the molecule is C=Cc1c(C)ccc(-c2ncccc2N(C)C)c1N=C. The summed E-state index contributed by atoms with van der Waals surface area (Å²) in [5.41, 5.74) is 5.91. The molecular weight excluding hydrogens is 246 g/mol. The molecular formula is C17H19N3. The fourth-order valence-corrected chi connectivity index (χ4v) is 2.29.